The molecule has 126 valence electrons. The summed E-state index contributed by atoms with van der Waals surface area (Å²) in [6, 6.07) is 15.7. The van der Waals surface area contributed by atoms with E-state index in [0.717, 1.165) is 17.0 Å². The highest BCUT2D eigenvalue weighted by Gasteiger charge is 2.07. The number of H-pyrrole nitrogens is 1. The maximum absolute atomic E-state index is 11.9. The Morgan fingerprint density at radius 3 is 2.60 bits per heavy atom. The van der Waals surface area contributed by atoms with Crippen molar-refractivity contribution in [3.8, 4) is 5.75 Å². The van der Waals surface area contributed by atoms with E-state index in [2.05, 4.69) is 20.5 Å². The maximum Gasteiger partial charge on any atom is 0.271 e. The summed E-state index contributed by atoms with van der Waals surface area (Å²) in [6.07, 6.45) is 1.72. The molecule has 2 N–H and O–H groups in total. The maximum atomic E-state index is 11.9. The average Bonchev–Trinajstić information content (AvgIpc) is 2.67. The molecule has 0 spiro atoms. The summed E-state index contributed by atoms with van der Waals surface area (Å²) >= 11 is 0. The van der Waals surface area contributed by atoms with E-state index in [1.807, 2.05) is 42.5 Å². The van der Waals surface area contributed by atoms with Crippen molar-refractivity contribution in [1.82, 2.24) is 20.5 Å². The number of amides is 1. The Labute approximate surface area is 143 Å². The van der Waals surface area contributed by atoms with Gasteiger partial charge in [-0.2, -0.15) is 5.10 Å². The van der Waals surface area contributed by atoms with Gasteiger partial charge in [-0.15, -0.1) is 0 Å². The molecule has 2 heterocycles. The van der Waals surface area contributed by atoms with Gasteiger partial charge in [0.15, 0.2) is 0 Å². The van der Waals surface area contributed by atoms with E-state index in [1.165, 1.54) is 12.1 Å². The lowest BCUT2D eigenvalue weighted by Crippen LogP contribution is -2.25. The number of hydrogen-bond donors (Lipinski definition) is 2. The van der Waals surface area contributed by atoms with E-state index in [1.54, 1.807) is 6.20 Å². The van der Waals surface area contributed by atoms with Crippen LogP contribution in [-0.2, 0) is 13.2 Å². The molecule has 0 aliphatic carbocycles. The number of aromatic nitrogens is 3. The predicted octanol–water partition coefficient (Wildman–Crippen LogP) is 1.67. The minimum absolute atomic E-state index is 0.162. The molecule has 3 aromatic rings. The van der Waals surface area contributed by atoms with Crippen molar-refractivity contribution >= 4 is 5.91 Å². The number of carbonyl (C=O) groups excluding carboxylic acids is 1. The highest BCUT2D eigenvalue weighted by molar-refractivity contribution is 5.91. The lowest BCUT2D eigenvalue weighted by atomic mass is 10.2. The molecule has 25 heavy (non-hydrogen) atoms. The van der Waals surface area contributed by atoms with E-state index in [9.17, 15) is 9.59 Å². The van der Waals surface area contributed by atoms with Crippen molar-refractivity contribution in [3.05, 3.63) is 88.1 Å². The summed E-state index contributed by atoms with van der Waals surface area (Å²) in [5.41, 5.74) is 1.59. The van der Waals surface area contributed by atoms with Crippen molar-refractivity contribution in [1.29, 1.82) is 0 Å². The number of aromatic amines is 1. The third kappa shape index (κ3) is 4.74. The van der Waals surface area contributed by atoms with Crippen LogP contribution in [-0.4, -0.2) is 21.1 Å². The van der Waals surface area contributed by atoms with Gasteiger partial charge in [-0.25, -0.2) is 5.10 Å². The summed E-state index contributed by atoms with van der Waals surface area (Å²) in [4.78, 5) is 27.1. The first kappa shape index (κ1) is 16.4. The Hall–Kier alpha value is -3.48. The van der Waals surface area contributed by atoms with Crippen LogP contribution in [0.2, 0.25) is 0 Å². The van der Waals surface area contributed by atoms with Crippen molar-refractivity contribution in [2.45, 2.75) is 13.2 Å². The lowest BCUT2D eigenvalue weighted by Gasteiger charge is -2.08. The number of pyridine rings is 1. The Morgan fingerprint density at radius 1 is 1.08 bits per heavy atom. The second kappa shape index (κ2) is 7.87. The van der Waals surface area contributed by atoms with E-state index >= 15 is 0 Å². The molecule has 0 unspecified atom stereocenters. The van der Waals surface area contributed by atoms with E-state index in [-0.39, 0.29) is 17.2 Å². The Balaban J connectivity index is 1.51. The first-order valence-electron chi connectivity index (χ1n) is 7.66. The number of benzene rings is 1. The quantitative estimate of drug-likeness (QED) is 0.714. The molecule has 0 aliphatic rings. The number of rotatable bonds is 6. The number of ether oxygens (including phenoxy) is 1. The largest absolute Gasteiger partial charge is 0.487 e. The van der Waals surface area contributed by atoms with Crippen LogP contribution in [0.25, 0.3) is 0 Å². The molecule has 7 heteroatoms. The fourth-order valence-electron chi connectivity index (χ4n) is 2.09. The molecule has 3 rings (SSSR count). The van der Waals surface area contributed by atoms with Gasteiger partial charge >= 0.3 is 0 Å². The first-order chi connectivity index (χ1) is 12.2. The van der Waals surface area contributed by atoms with Gasteiger partial charge in [-0.1, -0.05) is 18.2 Å². The number of nitrogens with zero attached hydrogens (tertiary/aromatic N) is 2. The van der Waals surface area contributed by atoms with Gasteiger partial charge in [-0.3, -0.25) is 14.6 Å². The van der Waals surface area contributed by atoms with Crippen LogP contribution < -0.4 is 15.6 Å². The molecule has 2 aromatic heterocycles. The first-order valence-corrected chi connectivity index (χ1v) is 7.66. The van der Waals surface area contributed by atoms with Crippen LogP contribution in [0.1, 0.15) is 21.7 Å². The summed E-state index contributed by atoms with van der Waals surface area (Å²) in [5, 5.41) is 8.65. The third-order valence-corrected chi connectivity index (χ3v) is 3.40. The lowest BCUT2D eigenvalue weighted by molar-refractivity contribution is 0.0945. The zero-order valence-corrected chi connectivity index (χ0v) is 13.3. The Morgan fingerprint density at radius 2 is 1.92 bits per heavy atom. The molecule has 0 atom stereocenters. The fourth-order valence-corrected chi connectivity index (χ4v) is 2.09. The third-order valence-electron chi connectivity index (χ3n) is 3.40. The highest BCUT2D eigenvalue weighted by Crippen LogP contribution is 2.13. The van der Waals surface area contributed by atoms with E-state index in [0.29, 0.717) is 13.2 Å². The van der Waals surface area contributed by atoms with Crippen molar-refractivity contribution in [2.75, 3.05) is 0 Å². The summed E-state index contributed by atoms with van der Waals surface area (Å²) in [6.45, 7) is 0.745. The Bertz CT molecular complexity index is 872. The predicted molar refractivity (Wildman–Crippen MR) is 91.0 cm³/mol. The van der Waals surface area contributed by atoms with Gasteiger partial charge in [0.2, 0.25) is 0 Å². The molecule has 7 nitrogen and oxygen atoms in total. The van der Waals surface area contributed by atoms with Gasteiger partial charge in [0.25, 0.3) is 11.5 Å². The monoisotopic (exact) mass is 336 g/mol. The second-order valence-electron chi connectivity index (χ2n) is 5.24. The molecule has 0 aliphatic heterocycles. The fraction of sp³-hybridized carbons (Fsp3) is 0.111. The summed E-state index contributed by atoms with van der Waals surface area (Å²) in [5.74, 6) is 0.370. The van der Waals surface area contributed by atoms with Gasteiger partial charge in [0.05, 0.1) is 5.69 Å². The molecular weight excluding hydrogens is 320 g/mol. The van der Waals surface area contributed by atoms with Crippen LogP contribution in [0.15, 0.2) is 65.6 Å². The normalized spacial score (nSPS) is 10.2. The molecule has 0 saturated carbocycles. The van der Waals surface area contributed by atoms with Crippen molar-refractivity contribution in [3.63, 3.8) is 0 Å². The topological polar surface area (TPSA) is 97.0 Å². The molecule has 0 saturated heterocycles. The molecule has 1 amide bonds. The molecule has 0 radical (unpaired) electrons. The highest BCUT2D eigenvalue weighted by atomic mass is 16.5. The standard InChI is InChI=1S/C18H16N4O3/c23-17-9-8-16(21-22-17)18(24)20-11-13-4-6-15(7-5-13)25-12-14-3-1-2-10-19-14/h1-10H,11-12H2,(H,20,24)(H,22,23). The van der Waals surface area contributed by atoms with Crippen LogP contribution in [0.5, 0.6) is 5.75 Å². The van der Waals surface area contributed by atoms with Gasteiger partial charge in [0, 0.05) is 18.8 Å². The second-order valence-corrected chi connectivity index (χ2v) is 5.24. The summed E-state index contributed by atoms with van der Waals surface area (Å²) in [7, 11) is 0. The van der Waals surface area contributed by atoms with Crippen LogP contribution >= 0.6 is 0 Å². The Kier molecular flexibility index (Phi) is 5.16. The van der Waals surface area contributed by atoms with Crippen molar-refractivity contribution in [2.24, 2.45) is 0 Å². The van der Waals surface area contributed by atoms with Gasteiger partial charge < -0.3 is 10.1 Å². The molecule has 0 bridgehead atoms. The van der Waals surface area contributed by atoms with Gasteiger partial charge in [0.1, 0.15) is 18.1 Å². The number of hydrogen-bond acceptors (Lipinski definition) is 5. The minimum atomic E-state index is -0.355. The molecular formula is C18H16N4O3. The van der Waals surface area contributed by atoms with Crippen LogP contribution in [0.3, 0.4) is 0 Å². The SMILES string of the molecule is O=C(NCc1ccc(OCc2ccccn2)cc1)c1ccc(=O)[nH]n1. The minimum Gasteiger partial charge on any atom is -0.487 e. The number of carbonyl (C=O) groups is 1. The zero-order chi connectivity index (χ0) is 17.5. The van der Waals surface area contributed by atoms with Crippen molar-refractivity contribution < 1.29 is 9.53 Å². The smallest absolute Gasteiger partial charge is 0.271 e. The number of nitrogens with one attached hydrogen (secondary N) is 2. The average molecular weight is 336 g/mol. The van der Waals surface area contributed by atoms with E-state index in [4.69, 9.17) is 4.74 Å². The zero-order valence-electron chi connectivity index (χ0n) is 13.3. The molecule has 0 fully saturated rings. The van der Waals surface area contributed by atoms with E-state index < -0.39 is 0 Å². The van der Waals surface area contributed by atoms with Gasteiger partial charge in [-0.05, 0) is 35.9 Å². The van der Waals surface area contributed by atoms with Crippen LogP contribution in [0, 0.1) is 0 Å². The summed E-state index contributed by atoms with van der Waals surface area (Å²) < 4.78 is 5.66. The van der Waals surface area contributed by atoms with Crippen LogP contribution in [0.4, 0.5) is 0 Å². The molecule has 1 aromatic carbocycles.